The van der Waals surface area contributed by atoms with Gasteiger partial charge in [-0.25, -0.2) is 0 Å². The number of rotatable bonds is 5. The van der Waals surface area contributed by atoms with Crippen LogP contribution in [0.15, 0.2) is 48.5 Å². The molecule has 2 amide bonds. The summed E-state index contributed by atoms with van der Waals surface area (Å²) in [6.45, 7) is 0. The minimum atomic E-state index is -4.22. The Labute approximate surface area is 166 Å². The van der Waals surface area contributed by atoms with Gasteiger partial charge in [-0.3, -0.25) is 9.59 Å². The molecule has 0 radical (unpaired) electrons. The number of carbonyl (C=O) groups excluding carboxylic acids is 2. The first-order valence-electron chi connectivity index (χ1n) is 9.28. The van der Waals surface area contributed by atoms with Crippen LogP contribution in [0.25, 0.3) is 0 Å². The molecule has 1 aliphatic carbocycles. The molecule has 0 heterocycles. The maximum atomic E-state index is 12.9. The van der Waals surface area contributed by atoms with Crippen molar-refractivity contribution in [1.82, 2.24) is 5.32 Å². The van der Waals surface area contributed by atoms with Crippen LogP contribution in [0.2, 0.25) is 0 Å². The SMILES string of the molecule is NC(=O)c1ccc(Oc2ccc(C(=O)NC3CCCC(C(F)(F)F)C3)cc2)cc1. The second-order valence-electron chi connectivity index (χ2n) is 7.09. The molecular formula is C21H21F3N2O3. The number of amides is 2. The zero-order valence-corrected chi connectivity index (χ0v) is 15.5. The molecule has 1 saturated carbocycles. The van der Waals surface area contributed by atoms with Crippen molar-refractivity contribution in [3.63, 3.8) is 0 Å². The highest BCUT2D eigenvalue weighted by Gasteiger charge is 2.42. The number of halogens is 3. The largest absolute Gasteiger partial charge is 0.457 e. The minimum Gasteiger partial charge on any atom is -0.457 e. The van der Waals surface area contributed by atoms with E-state index < -0.39 is 30.0 Å². The van der Waals surface area contributed by atoms with Crippen molar-refractivity contribution >= 4 is 11.8 Å². The van der Waals surface area contributed by atoms with E-state index in [0.717, 1.165) is 0 Å². The van der Waals surface area contributed by atoms with E-state index in [4.69, 9.17) is 10.5 Å². The summed E-state index contributed by atoms with van der Waals surface area (Å²) in [4.78, 5) is 23.4. The molecule has 3 rings (SSSR count). The molecule has 0 aliphatic heterocycles. The van der Waals surface area contributed by atoms with Crippen molar-refractivity contribution in [2.45, 2.75) is 37.9 Å². The molecule has 3 N–H and O–H groups in total. The van der Waals surface area contributed by atoms with Crippen LogP contribution in [0.4, 0.5) is 13.2 Å². The van der Waals surface area contributed by atoms with E-state index in [1.807, 2.05) is 0 Å². The predicted molar refractivity (Wildman–Crippen MR) is 101 cm³/mol. The van der Waals surface area contributed by atoms with Crippen molar-refractivity contribution in [3.8, 4) is 11.5 Å². The Morgan fingerprint density at radius 3 is 2.00 bits per heavy atom. The van der Waals surface area contributed by atoms with Crippen LogP contribution in [0.5, 0.6) is 11.5 Å². The van der Waals surface area contributed by atoms with Gasteiger partial charge in [0.1, 0.15) is 11.5 Å². The highest BCUT2D eigenvalue weighted by Crippen LogP contribution is 2.37. The monoisotopic (exact) mass is 406 g/mol. The number of nitrogens with two attached hydrogens (primary N) is 1. The van der Waals surface area contributed by atoms with Crippen molar-refractivity contribution in [3.05, 3.63) is 59.7 Å². The summed E-state index contributed by atoms with van der Waals surface area (Å²) in [6, 6.07) is 12.1. The second-order valence-corrected chi connectivity index (χ2v) is 7.09. The topological polar surface area (TPSA) is 81.4 Å². The molecule has 154 valence electrons. The molecule has 2 aromatic rings. The summed E-state index contributed by atoms with van der Waals surface area (Å²) >= 11 is 0. The Hall–Kier alpha value is -3.03. The zero-order valence-electron chi connectivity index (χ0n) is 15.5. The molecule has 1 fully saturated rings. The van der Waals surface area contributed by atoms with Crippen LogP contribution in [0.1, 0.15) is 46.4 Å². The van der Waals surface area contributed by atoms with Gasteiger partial charge in [-0.1, -0.05) is 6.42 Å². The van der Waals surface area contributed by atoms with Crippen molar-refractivity contribution < 1.29 is 27.5 Å². The van der Waals surface area contributed by atoms with E-state index in [0.29, 0.717) is 35.5 Å². The summed E-state index contributed by atoms with van der Waals surface area (Å²) in [5.41, 5.74) is 5.89. The molecular weight excluding hydrogens is 385 g/mol. The summed E-state index contributed by atoms with van der Waals surface area (Å²) in [5.74, 6) is -1.34. The third-order valence-corrected chi connectivity index (χ3v) is 4.96. The zero-order chi connectivity index (χ0) is 21.0. The lowest BCUT2D eigenvalue weighted by molar-refractivity contribution is -0.183. The number of alkyl halides is 3. The lowest BCUT2D eigenvalue weighted by Gasteiger charge is -2.31. The average molecular weight is 406 g/mol. The van der Waals surface area contributed by atoms with Crippen LogP contribution in [-0.2, 0) is 0 Å². The van der Waals surface area contributed by atoms with Gasteiger partial charge in [-0.2, -0.15) is 13.2 Å². The Balaban J connectivity index is 1.58. The molecule has 0 saturated heterocycles. The fourth-order valence-electron chi connectivity index (χ4n) is 3.38. The van der Waals surface area contributed by atoms with Crippen LogP contribution in [-0.4, -0.2) is 24.0 Å². The number of ether oxygens (including phenoxy) is 1. The van der Waals surface area contributed by atoms with Crippen LogP contribution >= 0.6 is 0 Å². The van der Waals surface area contributed by atoms with Gasteiger partial charge < -0.3 is 15.8 Å². The normalized spacial score (nSPS) is 19.4. The van der Waals surface area contributed by atoms with Gasteiger partial charge in [-0.15, -0.1) is 0 Å². The predicted octanol–water partition coefficient (Wildman–Crippen LogP) is 4.43. The Kier molecular flexibility index (Phi) is 6.10. The molecule has 29 heavy (non-hydrogen) atoms. The van der Waals surface area contributed by atoms with Crippen molar-refractivity contribution in [2.24, 2.45) is 11.7 Å². The van der Waals surface area contributed by atoms with Gasteiger partial charge in [-0.05, 0) is 67.8 Å². The number of nitrogens with one attached hydrogen (secondary N) is 1. The third kappa shape index (κ3) is 5.49. The summed E-state index contributed by atoms with van der Waals surface area (Å²) in [5, 5.41) is 2.70. The highest BCUT2D eigenvalue weighted by atomic mass is 19.4. The van der Waals surface area contributed by atoms with Gasteiger partial charge in [0.2, 0.25) is 5.91 Å². The van der Waals surface area contributed by atoms with Gasteiger partial charge in [0.15, 0.2) is 0 Å². The maximum Gasteiger partial charge on any atom is 0.391 e. The first-order chi connectivity index (χ1) is 13.7. The third-order valence-electron chi connectivity index (χ3n) is 4.96. The highest BCUT2D eigenvalue weighted by molar-refractivity contribution is 5.94. The standard InChI is InChI=1S/C21H21F3N2O3/c22-21(23,24)15-2-1-3-16(12-15)26-20(28)14-6-10-18(11-7-14)29-17-8-4-13(5-9-17)19(25)27/h4-11,15-16H,1-3,12H2,(H2,25,27)(H,26,28). The lowest BCUT2D eigenvalue weighted by atomic mass is 9.85. The molecule has 2 atom stereocenters. The fourth-order valence-corrected chi connectivity index (χ4v) is 3.38. The molecule has 0 aromatic heterocycles. The second kappa shape index (κ2) is 8.55. The summed E-state index contributed by atoms with van der Waals surface area (Å²) in [7, 11) is 0. The van der Waals surface area contributed by atoms with E-state index in [1.165, 1.54) is 12.1 Å². The van der Waals surface area contributed by atoms with Crippen LogP contribution in [0, 0.1) is 5.92 Å². The number of hydrogen-bond donors (Lipinski definition) is 2. The molecule has 0 bridgehead atoms. The van der Waals surface area contributed by atoms with E-state index in [2.05, 4.69) is 5.32 Å². The van der Waals surface area contributed by atoms with Crippen molar-refractivity contribution in [2.75, 3.05) is 0 Å². The van der Waals surface area contributed by atoms with Gasteiger partial charge in [0.05, 0.1) is 5.92 Å². The number of benzene rings is 2. The number of primary amides is 1. The molecule has 2 aromatic carbocycles. The van der Waals surface area contributed by atoms with E-state index in [1.54, 1.807) is 36.4 Å². The number of carbonyl (C=O) groups is 2. The quantitative estimate of drug-likeness (QED) is 0.771. The first-order valence-corrected chi connectivity index (χ1v) is 9.28. The Morgan fingerprint density at radius 2 is 1.48 bits per heavy atom. The molecule has 2 unspecified atom stereocenters. The van der Waals surface area contributed by atoms with Gasteiger partial charge in [0, 0.05) is 17.2 Å². The van der Waals surface area contributed by atoms with E-state index in [-0.39, 0.29) is 12.8 Å². The van der Waals surface area contributed by atoms with Crippen LogP contribution in [0.3, 0.4) is 0 Å². The fraction of sp³-hybridized carbons (Fsp3) is 0.333. The smallest absolute Gasteiger partial charge is 0.391 e. The lowest BCUT2D eigenvalue weighted by Crippen LogP contribution is -2.41. The number of hydrogen-bond acceptors (Lipinski definition) is 3. The minimum absolute atomic E-state index is 0.0856. The first kappa shape index (κ1) is 20.7. The maximum absolute atomic E-state index is 12.9. The van der Waals surface area contributed by atoms with Crippen LogP contribution < -0.4 is 15.8 Å². The molecule has 5 nitrogen and oxygen atoms in total. The van der Waals surface area contributed by atoms with Gasteiger partial charge in [0.25, 0.3) is 5.91 Å². The summed E-state index contributed by atoms with van der Waals surface area (Å²) < 4.78 is 44.4. The van der Waals surface area contributed by atoms with E-state index >= 15 is 0 Å². The summed E-state index contributed by atoms with van der Waals surface area (Å²) in [6.07, 6.45) is -3.21. The Morgan fingerprint density at radius 1 is 0.931 bits per heavy atom. The Bertz CT molecular complexity index is 864. The van der Waals surface area contributed by atoms with E-state index in [9.17, 15) is 22.8 Å². The molecule has 1 aliphatic rings. The van der Waals surface area contributed by atoms with Crippen molar-refractivity contribution in [1.29, 1.82) is 0 Å². The average Bonchev–Trinajstić information content (AvgIpc) is 2.68. The molecule has 8 heteroatoms. The molecule has 0 spiro atoms. The van der Waals surface area contributed by atoms with Gasteiger partial charge >= 0.3 is 6.18 Å².